The Balaban J connectivity index is 1.95. The van der Waals surface area contributed by atoms with Crippen LogP contribution in [0.2, 0.25) is 0 Å². The Morgan fingerprint density at radius 3 is 2.75 bits per heavy atom. The van der Waals surface area contributed by atoms with Gasteiger partial charge in [0.2, 0.25) is 5.91 Å². The van der Waals surface area contributed by atoms with Crippen molar-refractivity contribution >= 4 is 12.0 Å². The van der Waals surface area contributed by atoms with Crippen molar-refractivity contribution < 1.29 is 13.9 Å². The molecule has 1 N–H and O–H groups in total. The van der Waals surface area contributed by atoms with Crippen molar-refractivity contribution in [2.75, 3.05) is 13.2 Å². The molecule has 1 saturated heterocycles. The molecular weight excluding hydrogens is 257 g/mol. The maximum absolute atomic E-state index is 12.8. The molecule has 0 aromatic heterocycles. The Morgan fingerprint density at radius 1 is 1.45 bits per heavy atom. The highest BCUT2D eigenvalue weighted by Crippen LogP contribution is 2.17. The molecule has 2 unspecified atom stereocenters. The lowest BCUT2D eigenvalue weighted by atomic mass is 10.0. The third-order valence-electron chi connectivity index (χ3n) is 3.64. The van der Waals surface area contributed by atoms with Crippen molar-refractivity contribution in [2.45, 2.75) is 26.3 Å². The van der Waals surface area contributed by atoms with Crippen molar-refractivity contribution in [3.05, 3.63) is 41.2 Å². The second-order valence-corrected chi connectivity index (χ2v) is 5.26. The predicted molar refractivity (Wildman–Crippen MR) is 76.6 cm³/mol. The minimum absolute atomic E-state index is 0.0891. The molecule has 1 aliphatic rings. The fourth-order valence-electron chi connectivity index (χ4n) is 2.26. The van der Waals surface area contributed by atoms with E-state index in [0.29, 0.717) is 18.1 Å². The lowest BCUT2D eigenvalue weighted by molar-refractivity contribution is -0.118. The van der Waals surface area contributed by atoms with Gasteiger partial charge in [-0.05, 0) is 44.0 Å². The molecule has 20 heavy (non-hydrogen) atoms. The molecular formula is C16H20FNO2. The molecule has 2 rings (SSSR count). The van der Waals surface area contributed by atoms with Gasteiger partial charge >= 0.3 is 0 Å². The van der Waals surface area contributed by atoms with Crippen LogP contribution in [0.15, 0.2) is 29.8 Å². The van der Waals surface area contributed by atoms with Crippen LogP contribution < -0.4 is 5.32 Å². The molecule has 3 nitrogen and oxygen atoms in total. The van der Waals surface area contributed by atoms with E-state index in [4.69, 9.17) is 4.74 Å². The van der Waals surface area contributed by atoms with Crippen LogP contribution in [0.1, 0.15) is 25.8 Å². The van der Waals surface area contributed by atoms with E-state index in [2.05, 4.69) is 5.32 Å². The summed E-state index contributed by atoms with van der Waals surface area (Å²) in [6.45, 7) is 5.25. The summed E-state index contributed by atoms with van der Waals surface area (Å²) in [5.41, 5.74) is 1.43. The molecule has 1 fully saturated rings. The Morgan fingerprint density at radius 2 is 2.15 bits per heavy atom. The summed E-state index contributed by atoms with van der Waals surface area (Å²) >= 11 is 0. The second-order valence-electron chi connectivity index (χ2n) is 5.26. The Hall–Kier alpha value is -1.68. The van der Waals surface area contributed by atoms with Crippen molar-refractivity contribution in [2.24, 2.45) is 5.92 Å². The molecule has 0 spiro atoms. The quantitative estimate of drug-likeness (QED) is 0.859. The van der Waals surface area contributed by atoms with Crippen LogP contribution in [0.5, 0.6) is 0 Å². The van der Waals surface area contributed by atoms with E-state index in [1.807, 2.05) is 6.92 Å². The van der Waals surface area contributed by atoms with E-state index in [9.17, 15) is 9.18 Å². The summed E-state index contributed by atoms with van der Waals surface area (Å²) in [5.74, 6) is 0.0189. The number of nitrogens with one attached hydrogen (secondary N) is 1. The van der Waals surface area contributed by atoms with Crippen LogP contribution in [0, 0.1) is 11.7 Å². The van der Waals surface area contributed by atoms with E-state index in [1.54, 1.807) is 25.1 Å². The summed E-state index contributed by atoms with van der Waals surface area (Å²) in [6.07, 6.45) is 2.74. The summed E-state index contributed by atoms with van der Waals surface area (Å²) in [6, 6.07) is 6.17. The van der Waals surface area contributed by atoms with Crippen molar-refractivity contribution in [1.82, 2.24) is 5.32 Å². The van der Waals surface area contributed by atoms with Gasteiger partial charge in [0, 0.05) is 24.1 Å². The first-order valence-electron chi connectivity index (χ1n) is 6.89. The number of hydrogen-bond donors (Lipinski definition) is 1. The van der Waals surface area contributed by atoms with Gasteiger partial charge in [0.15, 0.2) is 0 Å². The van der Waals surface area contributed by atoms with Gasteiger partial charge in [-0.15, -0.1) is 0 Å². The zero-order chi connectivity index (χ0) is 14.5. The molecule has 0 saturated carbocycles. The molecule has 1 amide bonds. The molecule has 1 aromatic rings. The predicted octanol–water partition coefficient (Wildman–Crippen LogP) is 2.77. The van der Waals surface area contributed by atoms with Gasteiger partial charge in [-0.3, -0.25) is 4.79 Å². The summed E-state index contributed by atoms with van der Waals surface area (Å²) in [4.78, 5) is 12.1. The Kier molecular flexibility index (Phi) is 4.90. The van der Waals surface area contributed by atoms with Crippen LogP contribution in [-0.2, 0) is 9.53 Å². The van der Waals surface area contributed by atoms with E-state index in [0.717, 1.165) is 18.6 Å². The second kappa shape index (κ2) is 6.66. The van der Waals surface area contributed by atoms with Gasteiger partial charge in [0.25, 0.3) is 0 Å². The molecule has 1 aliphatic heterocycles. The molecule has 0 aliphatic carbocycles. The minimum atomic E-state index is -0.279. The number of carbonyl (C=O) groups is 1. The van der Waals surface area contributed by atoms with Crippen LogP contribution in [0.4, 0.5) is 4.39 Å². The molecule has 1 heterocycles. The van der Waals surface area contributed by atoms with Gasteiger partial charge in [0.05, 0.1) is 6.61 Å². The van der Waals surface area contributed by atoms with Crippen LogP contribution in [-0.4, -0.2) is 25.2 Å². The SMILES string of the molecule is CC(=Cc1ccc(F)cc1)C(=O)NC(C)C1CCOC1. The fraction of sp³-hybridized carbons (Fsp3) is 0.438. The average molecular weight is 277 g/mol. The number of amides is 1. The van der Waals surface area contributed by atoms with E-state index in [1.165, 1.54) is 12.1 Å². The van der Waals surface area contributed by atoms with Crippen LogP contribution >= 0.6 is 0 Å². The number of carbonyl (C=O) groups excluding carboxylic acids is 1. The van der Waals surface area contributed by atoms with Gasteiger partial charge in [-0.1, -0.05) is 12.1 Å². The lowest BCUT2D eigenvalue weighted by Crippen LogP contribution is -2.38. The first kappa shape index (κ1) is 14.7. The highest BCUT2D eigenvalue weighted by molar-refractivity contribution is 5.97. The number of halogens is 1. The van der Waals surface area contributed by atoms with E-state index >= 15 is 0 Å². The van der Waals surface area contributed by atoms with Crippen molar-refractivity contribution in [1.29, 1.82) is 0 Å². The highest BCUT2D eigenvalue weighted by atomic mass is 19.1. The highest BCUT2D eigenvalue weighted by Gasteiger charge is 2.23. The number of benzene rings is 1. The zero-order valence-corrected chi connectivity index (χ0v) is 11.9. The molecule has 4 heteroatoms. The lowest BCUT2D eigenvalue weighted by Gasteiger charge is -2.19. The zero-order valence-electron chi connectivity index (χ0n) is 11.9. The van der Waals surface area contributed by atoms with Crippen LogP contribution in [0.25, 0.3) is 6.08 Å². The monoisotopic (exact) mass is 277 g/mol. The van der Waals surface area contributed by atoms with Gasteiger partial charge in [0.1, 0.15) is 5.82 Å². The Bertz CT molecular complexity index is 490. The summed E-state index contributed by atoms with van der Waals surface area (Å²) in [5, 5.41) is 2.99. The number of ether oxygens (including phenoxy) is 1. The molecule has 0 bridgehead atoms. The number of hydrogen-bond acceptors (Lipinski definition) is 2. The number of rotatable bonds is 4. The topological polar surface area (TPSA) is 38.3 Å². The standard InChI is InChI=1S/C16H20FNO2/c1-11(9-13-3-5-15(17)6-4-13)16(19)18-12(2)14-7-8-20-10-14/h3-6,9,12,14H,7-8,10H2,1-2H3,(H,18,19). The molecule has 108 valence electrons. The normalized spacial score (nSPS) is 20.8. The van der Waals surface area contributed by atoms with Crippen LogP contribution in [0.3, 0.4) is 0 Å². The third-order valence-corrected chi connectivity index (χ3v) is 3.64. The maximum atomic E-state index is 12.8. The van der Waals surface area contributed by atoms with Gasteiger partial charge < -0.3 is 10.1 Å². The minimum Gasteiger partial charge on any atom is -0.381 e. The van der Waals surface area contributed by atoms with Gasteiger partial charge in [-0.2, -0.15) is 0 Å². The Labute approximate surface area is 118 Å². The first-order valence-corrected chi connectivity index (χ1v) is 6.89. The van der Waals surface area contributed by atoms with E-state index in [-0.39, 0.29) is 17.8 Å². The molecule has 1 aromatic carbocycles. The third kappa shape index (κ3) is 3.90. The van der Waals surface area contributed by atoms with Gasteiger partial charge in [-0.25, -0.2) is 4.39 Å². The summed E-state index contributed by atoms with van der Waals surface area (Å²) in [7, 11) is 0. The molecule has 2 atom stereocenters. The van der Waals surface area contributed by atoms with E-state index < -0.39 is 0 Å². The largest absolute Gasteiger partial charge is 0.381 e. The fourth-order valence-corrected chi connectivity index (χ4v) is 2.26. The smallest absolute Gasteiger partial charge is 0.247 e. The molecule has 0 radical (unpaired) electrons. The van der Waals surface area contributed by atoms with Crippen molar-refractivity contribution in [3.63, 3.8) is 0 Å². The van der Waals surface area contributed by atoms with Crippen molar-refractivity contribution in [3.8, 4) is 0 Å². The maximum Gasteiger partial charge on any atom is 0.247 e. The average Bonchev–Trinajstić information content (AvgIpc) is 2.95. The summed E-state index contributed by atoms with van der Waals surface area (Å²) < 4.78 is 18.1. The first-order chi connectivity index (χ1) is 9.56.